The van der Waals surface area contributed by atoms with Gasteiger partial charge < -0.3 is 5.32 Å². The summed E-state index contributed by atoms with van der Waals surface area (Å²) in [7, 11) is 0. The van der Waals surface area contributed by atoms with E-state index < -0.39 is 0 Å². The summed E-state index contributed by atoms with van der Waals surface area (Å²) < 4.78 is 13.7. The first-order valence-corrected chi connectivity index (χ1v) is 6.71. The average molecular weight is 329 g/mol. The maximum atomic E-state index is 13.1. The van der Waals surface area contributed by atoms with Gasteiger partial charge in [-0.1, -0.05) is 41.9 Å². The van der Waals surface area contributed by atoms with Crippen molar-refractivity contribution in [1.82, 2.24) is 0 Å². The standard InChI is InChI=1S/C14H12BrClFN/c1-9(10-5-3-2-4-6-10)18-14-12(15)7-11(17)8-13(14)16/h2-9,18H,1H3. The van der Waals surface area contributed by atoms with Crippen molar-refractivity contribution in [1.29, 1.82) is 0 Å². The van der Waals surface area contributed by atoms with Crippen molar-refractivity contribution < 1.29 is 4.39 Å². The van der Waals surface area contributed by atoms with Crippen molar-refractivity contribution in [2.75, 3.05) is 5.32 Å². The first kappa shape index (κ1) is 13.4. The average Bonchev–Trinajstić information content (AvgIpc) is 2.34. The maximum absolute atomic E-state index is 13.1. The van der Waals surface area contributed by atoms with Gasteiger partial charge >= 0.3 is 0 Å². The van der Waals surface area contributed by atoms with E-state index in [0.29, 0.717) is 15.2 Å². The molecule has 2 aromatic rings. The minimum Gasteiger partial charge on any atom is -0.376 e. The molecule has 2 rings (SSSR count). The molecule has 0 amide bonds. The van der Waals surface area contributed by atoms with Crippen molar-refractivity contribution in [3.63, 3.8) is 0 Å². The maximum Gasteiger partial charge on any atom is 0.125 e. The molecule has 0 radical (unpaired) electrons. The molecule has 0 fully saturated rings. The zero-order valence-electron chi connectivity index (χ0n) is 9.75. The Balaban J connectivity index is 2.25. The molecular weight excluding hydrogens is 317 g/mol. The minimum absolute atomic E-state index is 0.0884. The fourth-order valence-corrected chi connectivity index (χ4v) is 2.64. The highest BCUT2D eigenvalue weighted by atomic mass is 79.9. The Morgan fingerprint density at radius 1 is 1.22 bits per heavy atom. The van der Waals surface area contributed by atoms with E-state index in [1.54, 1.807) is 0 Å². The number of hydrogen-bond donors (Lipinski definition) is 1. The van der Waals surface area contributed by atoms with Crippen molar-refractivity contribution in [2.24, 2.45) is 0 Å². The SMILES string of the molecule is CC(Nc1c(Cl)cc(F)cc1Br)c1ccccc1. The summed E-state index contributed by atoms with van der Waals surface area (Å²) >= 11 is 9.35. The molecular formula is C14H12BrClFN. The van der Waals surface area contributed by atoms with Gasteiger partial charge in [0, 0.05) is 10.5 Å². The van der Waals surface area contributed by atoms with Gasteiger partial charge in [-0.15, -0.1) is 0 Å². The first-order valence-electron chi connectivity index (χ1n) is 5.54. The van der Waals surface area contributed by atoms with Gasteiger partial charge in [0.15, 0.2) is 0 Å². The van der Waals surface area contributed by atoms with Crippen LogP contribution in [0.3, 0.4) is 0 Å². The van der Waals surface area contributed by atoms with Crippen molar-refractivity contribution >= 4 is 33.2 Å². The fraction of sp³-hybridized carbons (Fsp3) is 0.143. The van der Waals surface area contributed by atoms with E-state index in [1.165, 1.54) is 12.1 Å². The lowest BCUT2D eigenvalue weighted by molar-refractivity contribution is 0.627. The summed E-state index contributed by atoms with van der Waals surface area (Å²) in [6.07, 6.45) is 0. The van der Waals surface area contributed by atoms with E-state index in [2.05, 4.69) is 21.2 Å². The van der Waals surface area contributed by atoms with Gasteiger partial charge in [-0.2, -0.15) is 0 Å². The Bertz CT molecular complexity index is 522. The number of anilines is 1. The summed E-state index contributed by atoms with van der Waals surface area (Å²) in [5.41, 5.74) is 1.85. The molecule has 94 valence electrons. The normalized spacial score (nSPS) is 12.2. The summed E-state index contributed by atoms with van der Waals surface area (Å²) in [5, 5.41) is 3.64. The van der Waals surface area contributed by atoms with Gasteiger partial charge in [-0.25, -0.2) is 4.39 Å². The second kappa shape index (κ2) is 5.72. The fourth-order valence-electron chi connectivity index (χ4n) is 1.72. The molecule has 2 aromatic carbocycles. The Labute approximate surface area is 119 Å². The zero-order chi connectivity index (χ0) is 13.1. The van der Waals surface area contributed by atoms with E-state index in [9.17, 15) is 4.39 Å². The smallest absolute Gasteiger partial charge is 0.125 e. The predicted molar refractivity (Wildman–Crippen MR) is 77.6 cm³/mol. The van der Waals surface area contributed by atoms with Gasteiger partial charge in [0.25, 0.3) is 0 Å². The van der Waals surface area contributed by atoms with Crippen molar-refractivity contribution in [3.8, 4) is 0 Å². The molecule has 18 heavy (non-hydrogen) atoms. The number of rotatable bonds is 3. The Hall–Kier alpha value is -1.06. The van der Waals surface area contributed by atoms with Crippen LogP contribution in [0.5, 0.6) is 0 Å². The third-order valence-electron chi connectivity index (χ3n) is 2.67. The predicted octanol–water partition coefficient (Wildman–Crippen LogP) is 5.41. The highest BCUT2D eigenvalue weighted by molar-refractivity contribution is 9.10. The van der Waals surface area contributed by atoms with Crippen LogP contribution >= 0.6 is 27.5 Å². The van der Waals surface area contributed by atoms with Crippen molar-refractivity contribution in [2.45, 2.75) is 13.0 Å². The molecule has 4 heteroatoms. The van der Waals surface area contributed by atoms with Gasteiger partial charge in [-0.05, 0) is 40.5 Å². The number of benzene rings is 2. The third-order valence-corrected chi connectivity index (χ3v) is 3.59. The van der Waals surface area contributed by atoms with Crippen LogP contribution in [0.25, 0.3) is 0 Å². The molecule has 0 spiro atoms. The molecule has 1 N–H and O–H groups in total. The molecule has 0 aliphatic heterocycles. The summed E-state index contributed by atoms with van der Waals surface area (Å²) in [5.74, 6) is -0.357. The number of halogens is 3. The van der Waals surface area contributed by atoms with Crippen LogP contribution in [0.15, 0.2) is 46.9 Å². The number of nitrogens with one attached hydrogen (secondary N) is 1. The van der Waals surface area contributed by atoms with Crippen LogP contribution in [-0.4, -0.2) is 0 Å². The molecule has 0 aromatic heterocycles. The van der Waals surface area contributed by atoms with Crippen LogP contribution in [0, 0.1) is 5.82 Å². The lowest BCUT2D eigenvalue weighted by Crippen LogP contribution is -2.07. The molecule has 0 saturated heterocycles. The van der Waals surface area contributed by atoms with Crippen LogP contribution in [0.2, 0.25) is 5.02 Å². The second-order valence-electron chi connectivity index (χ2n) is 4.02. The molecule has 1 unspecified atom stereocenters. The summed E-state index contributed by atoms with van der Waals surface area (Å²) in [4.78, 5) is 0. The van der Waals surface area contributed by atoms with Gasteiger partial charge in [0.2, 0.25) is 0 Å². The van der Waals surface area contributed by atoms with E-state index in [4.69, 9.17) is 11.6 Å². The van der Waals surface area contributed by atoms with Crippen LogP contribution in [0.4, 0.5) is 10.1 Å². The molecule has 0 saturated carbocycles. The van der Waals surface area contributed by atoms with Crippen LogP contribution in [-0.2, 0) is 0 Å². The topological polar surface area (TPSA) is 12.0 Å². The molecule has 0 bridgehead atoms. The van der Waals surface area contributed by atoms with E-state index >= 15 is 0 Å². The monoisotopic (exact) mass is 327 g/mol. The highest BCUT2D eigenvalue weighted by Gasteiger charge is 2.11. The summed E-state index contributed by atoms with van der Waals surface area (Å²) in [6.45, 7) is 2.03. The Morgan fingerprint density at radius 2 is 1.89 bits per heavy atom. The van der Waals surface area contributed by atoms with Crippen LogP contribution in [0.1, 0.15) is 18.5 Å². The lowest BCUT2D eigenvalue weighted by Gasteiger charge is -2.18. The zero-order valence-corrected chi connectivity index (χ0v) is 12.1. The Kier molecular flexibility index (Phi) is 4.25. The summed E-state index contributed by atoms with van der Waals surface area (Å²) in [6, 6.07) is 12.8. The molecule has 0 aliphatic rings. The highest BCUT2D eigenvalue weighted by Crippen LogP contribution is 2.34. The minimum atomic E-state index is -0.357. The van der Waals surface area contributed by atoms with Gasteiger partial charge in [-0.3, -0.25) is 0 Å². The first-order chi connectivity index (χ1) is 8.58. The van der Waals surface area contributed by atoms with Gasteiger partial charge in [0.1, 0.15) is 5.82 Å². The van der Waals surface area contributed by atoms with E-state index in [1.807, 2.05) is 37.3 Å². The van der Waals surface area contributed by atoms with E-state index in [0.717, 1.165) is 5.56 Å². The largest absolute Gasteiger partial charge is 0.376 e. The van der Waals surface area contributed by atoms with Crippen LogP contribution < -0.4 is 5.32 Å². The third kappa shape index (κ3) is 3.03. The lowest BCUT2D eigenvalue weighted by atomic mass is 10.1. The Morgan fingerprint density at radius 3 is 2.50 bits per heavy atom. The molecule has 1 atom stereocenters. The van der Waals surface area contributed by atoms with Crippen molar-refractivity contribution in [3.05, 3.63) is 63.3 Å². The molecule has 0 heterocycles. The van der Waals surface area contributed by atoms with Gasteiger partial charge in [0.05, 0.1) is 10.7 Å². The second-order valence-corrected chi connectivity index (χ2v) is 5.28. The molecule has 1 nitrogen and oxygen atoms in total. The molecule has 0 aliphatic carbocycles. The number of hydrogen-bond acceptors (Lipinski definition) is 1. The van der Waals surface area contributed by atoms with E-state index in [-0.39, 0.29) is 11.9 Å². The quantitative estimate of drug-likeness (QED) is 0.794.